The Balaban J connectivity index is 2.12. The summed E-state index contributed by atoms with van der Waals surface area (Å²) in [6.45, 7) is 2.23. The third-order valence-electron chi connectivity index (χ3n) is 3.66. The topological polar surface area (TPSA) is 54.5 Å². The van der Waals surface area contributed by atoms with E-state index in [4.69, 9.17) is 0 Å². The minimum atomic E-state index is -3.05. The van der Waals surface area contributed by atoms with Gasteiger partial charge < -0.3 is 4.90 Å². The van der Waals surface area contributed by atoms with Crippen LogP contribution in [-0.4, -0.2) is 43.3 Å². The van der Waals surface area contributed by atoms with Crippen molar-refractivity contribution in [1.29, 1.82) is 0 Å². The molecular weight excluding hydrogens is 361 g/mol. The van der Waals surface area contributed by atoms with Crippen LogP contribution in [0.15, 0.2) is 22.7 Å². The first kappa shape index (κ1) is 16.4. The molecule has 1 heterocycles. The van der Waals surface area contributed by atoms with E-state index in [2.05, 4.69) is 15.9 Å². The normalized spacial score (nSPS) is 20.4. The fraction of sp³-hybridized carbons (Fsp3) is 0.500. The predicted molar refractivity (Wildman–Crippen MR) is 82.2 cm³/mol. The molecule has 1 aliphatic heterocycles. The molecule has 0 radical (unpaired) electrons. The third-order valence-corrected chi connectivity index (χ3v) is 5.90. The number of sulfone groups is 1. The Hall–Kier alpha value is -0.950. The van der Waals surface area contributed by atoms with Gasteiger partial charge in [0.1, 0.15) is 5.82 Å². The molecule has 1 aromatic rings. The maximum Gasteiger partial charge on any atom is 0.227 e. The fourth-order valence-corrected chi connectivity index (χ4v) is 4.74. The van der Waals surface area contributed by atoms with Gasteiger partial charge in [0.05, 0.1) is 17.9 Å². The second kappa shape index (κ2) is 6.44. The van der Waals surface area contributed by atoms with E-state index in [-0.39, 0.29) is 29.9 Å². The summed E-state index contributed by atoms with van der Waals surface area (Å²) in [5, 5.41) is 0. The third kappa shape index (κ3) is 4.03. The lowest BCUT2D eigenvalue weighted by Crippen LogP contribution is -2.41. The summed E-state index contributed by atoms with van der Waals surface area (Å²) < 4.78 is 37.5. The Kier molecular flexibility index (Phi) is 5.03. The van der Waals surface area contributed by atoms with Gasteiger partial charge in [0.25, 0.3) is 0 Å². The molecule has 0 aromatic heterocycles. The molecular formula is C14H17BrFNO3S. The number of amides is 1. The van der Waals surface area contributed by atoms with Crippen molar-refractivity contribution in [3.8, 4) is 0 Å². The molecule has 0 saturated carbocycles. The highest BCUT2D eigenvalue weighted by molar-refractivity contribution is 9.10. The maximum atomic E-state index is 13.7. The van der Waals surface area contributed by atoms with Gasteiger partial charge in [-0.3, -0.25) is 4.79 Å². The summed E-state index contributed by atoms with van der Waals surface area (Å²) in [6, 6.07) is 4.17. The van der Waals surface area contributed by atoms with Crippen LogP contribution in [0.25, 0.3) is 0 Å². The molecule has 1 aliphatic rings. The van der Waals surface area contributed by atoms with Crippen LogP contribution in [0, 0.1) is 5.82 Å². The van der Waals surface area contributed by atoms with Crippen molar-refractivity contribution in [1.82, 2.24) is 4.90 Å². The van der Waals surface area contributed by atoms with Gasteiger partial charge in [-0.1, -0.05) is 15.9 Å². The smallest absolute Gasteiger partial charge is 0.227 e. The molecule has 1 amide bonds. The first-order chi connectivity index (χ1) is 9.82. The maximum absolute atomic E-state index is 13.7. The first-order valence-electron chi connectivity index (χ1n) is 6.76. The molecule has 116 valence electrons. The van der Waals surface area contributed by atoms with Crippen LogP contribution < -0.4 is 0 Å². The molecule has 0 N–H and O–H groups in total. The Morgan fingerprint density at radius 3 is 2.76 bits per heavy atom. The zero-order valence-electron chi connectivity index (χ0n) is 11.7. The molecule has 1 fully saturated rings. The van der Waals surface area contributed by atoms with Crippen molar-refractivity contribution in [3.05, 3.63) is 34.1 Å². The molecule has 1 aromatic carbocycles. The number of hydrogen-bond acceptors (Lipinski definition) is 3. The number of carbonyl (C=O) groups excluding carboxylic acids is 1. The van der Waals surface area contributed by atoms with Crippen LogP contribution >= 0.6 is 15.9 Å². The zero-order chi connectivity index (χ0) is 15.6. The Morgan fingerprint density at radius 1 is 1.48 bits per heavy atom. The summed E-state index contributed by atoms with van der Waals surface area (Å²) in [5.41, 5.74) is 0.314. The van der Waals surface area contributed by atoms with Gasteiger partial charge in [-0.2, -0.15) is 0 Å². The van der Waals surface area contributed by atoms with Crippen LogP contribution in [0.5, 0.6) is 0 Å². The van der Waals surface area contributed by atoms with Crippen molar-refractivity contribution in [2.45, 2.75) is 25.8 Å². The highest BCUT2D eigenvalue weighted by atomic mass is 79.9. The Morgan fingerprint density at radius 2 is 2.19 bits per heavy atom. The SMILES string of the molecule is CCN(C(=O)Cc1cc(Br)ccc1F)C1CCS(=O)(=O)C1. The molecule has 0 spiro atoms. The number of halogens is 2. The van der Waals surface area contributed by atoms with Crippen LogP contribution in [0.2, 0.25) is 0 Å². The standard InChI is InChI=1S/C14H17BrFNO3S/c1-2-17(12-5-6-21(19,20)9-12)14(18)8-10-7-11(15)3-4-13(10)16/h3-4,7,12H,2,5-6,8-9H2,1H3. The van der Waals surface area contributed by atoms with Crippen LogP contribution in [0.3, 0.4) is 0 Å². The number of rotatable bonds is 4. The predicted octanol–water partition coefficient (Wildman–Crippen LogP) is 2.17. The summed E-state index contributed by atoms with van der Waals surface area (Å²) in [7, 11) is -3.05. The Labute approximate surface area is 132 Å². The molecule has 1 unspecified atom stereocenters. The summed E-state index contributed by atoms with van der Waals surface area (Å²) >= 11 is 3.25. The van der Waals surface area contributed by atoms with Gasteiger partial charge >= 0.3 is 0 Å². The fourth-order valence-electron chi connectivity index (χ4n) is 2.60. The van der Waals surface area contributed by atoms with E-state index < -0.39 is 15.7 Å². The van der Waals surface area contributed by atoms with Crippen molar-refractivity contribution < 1.29 is 17.6 Å². The molecule has 1 atom stereocenters. The minimum Gasteiger partial charge on any atom is -0.339 e. The van der Waals surface area contributed by atoms with Crippen molar-refractivity contribution >= 4 is 31.7 Å². The molecule has 21 heavy (non-hydrogen) atoms. The lowest BCUT2D eigenvalue weighted by molar-refractivity contribution is -0.132. The molecule has 0 aliphatic carbocycles. The highest BCUT2D eigenvalue weighted by Gasteiger charge is 2.33. The van der Waals surface area contributed by atoms with Gasteiger partial charge in [-0.15, -0.1) is 0 Å². The zero-order valence-corrected chi connectivity index (χ0v) is 14.1. The van der Waals surface area contributed by atoms with E-state index in [1.54, 1.807) is 24.0 Å². The number of hydrogen-bond donors (Lipinski definition) is 0. The Bertz CT molecular complexity index is 648. The second-order valence-corrected chi connectivity index (χ2v) is 8.29. The molecule has 4 nitrogen and oxygen atoms in total. The van der Waals surface area contributed by atoms with E-state index in [0.717, 1.165) is 0 Å². The van der Waals surface area contributed by atoms with Crippen LogP contribution in [-0.2, 0) is 21.1 Å². The second-order valence-electron chi connectivity index (χ2n) is 5.15. The van der Waals surface area contributed by atoms with E-state index in [0.29, 0.717) is 23.0 Å². The first-order valence-corrected chi connectivity index (χ1v) is 9.37. The highest BCUT2D eigenvalue weighted by Crippen LogP contribution is 2.21. The van der Waals surface area contributed by atoms with E-state index in [1.165, 1.54) is 6.07 Å². The van der Waals surface area contributed by atoms with Gasteiger partial charge in [0, 0.05) is 17.1 Å². The number of likely N-dealkylation sites (N-methyl/N-ethyl adjacent to an activating group) is 1. The van der Waals surface area contributed by atoms with Gasteiger partial charge in [-0.05, 0) is 37.1 Å². The molecule has 0 bridgehead atoms. The largest absolute Gasteiger partial charge is 0.339 e. The average Bonchev–Trinajstić information content (AvgIpc) is 2.75. The molecule has 7 heteroatoms. The van der Waals surface area contributed by atoms with E-state index >= 15 is 0 Å². The van der Waals surface area contributed by atoms with E-state index in [1.807, 2.05) is 0 Å². The lowest BCUT2D eigenvalue weighted by atomic mass is 10.1. The van der Waals surface area contributed by atoms with Crippen molar-refractivity contribution in [2.75, 3.05) is 18.1 Å². The quantitative estimate of drug-likeness (QED) is 0.807. The summed E-state index contributed by atoms with van der Waals surface area (Å²) in [4.78, 5) is 13.9. The molecule has 1 saturated heterocycles. The van der Waals surface area contributed by atoms with Crippen molar-refractivity contribution in [2.24, 2.45) is 0 Å². The number of carbonyl (C=O) groups is 1. The van der Waals surface area contributed by atoms with Crippen molar-refractivity contribution in [3.63, 3.8) is 0 Å². The molecule has 2 rings (SSSR count). The monoisotopic (exact) mass is 377 g/mol. The van der Waals surface area contributed by atoms with Gasteiger partial charge in [0.2, 0.25) is 5.91 Å². The van der Waals surface area contributed by atoms with Gasteiger partial charge in [-0.25, -0.2) is 12.8 Å². The average molecular weight is 378 g/mol. The number of nitrogens with zero attached hydrogens (tertiary/aromatic N) is 1. The van der Waals surface area contributed by atoms with Crippen LogP contribution in [0.4, 0.5) is 4.39 Å². The van der Waals surface area contributed by atoms with Crippen LogP contribution in [0.1, 0.15) is 18.9 Å². The minimum absolute atomic E-state index is 0.00749. The lowest BCUT2D eigenvalue weighted by Gasteiger charge is -2.27. The summed E-state index contributed by atoms with van der Waals surface area (Å²) in [5.74, 6) is -0.543. The number of benzene rings is 1. The summed E-state index contributed by atoms with van der Waals surface area (Å²) in [6.07, 6.45) is 0.401. The van der Waals surface area contributed by atoms with Gasteiger partial charge in [0.15, 0.2) is 9.84 Å². The van der Waals surface area contributed by atoms with E-state index in [9.17, 15) is 17.6 Å².